The van der Waals surface area contributed by atoms with Gasteiger partial charge in [-0.2, -0.15) is 5.10 Å². The van der Waals surface area contributed by atoms with E-state index in [9.17, 15) is 0 Å². The Morgan fingerprint density at radius 1 is 0.920 bits per heavy atom. The summed E-state index contributed by atoms with van der Waals surface area (Å²) in [4.78, 5) is 12.1. The van der Waals surface area contributed by atoms with Gasteiger partial charge in [0.25, 0.3) is 0 Å². The SMILES string of the molecule is c1ccc(CC(=NNc2nc3ccccc3[nH]2)c2ccccn2)cc1. The minimum absolute atomic E-state index is 0.614. The van der Waals surface area contributed by atoms with Crippen molar-refractivity contribution in [2.75, 3.05) is 5.43 Å². The van der Waals surface area contributed by atoms with E-state index in [2.05, 4.69) is 37.6 Å². The summed E-state index contributed by atoms with van der Waals surface area (Å²) in [6.07, 6.45) is 2.46. The lowest BCUT2D eigenvalue weighted by Crippen LogP contribution is -2.10. The van der Waals surface area contributed by atoms with Gasteiger partial charge in [0.1, 0.15) is 0 Å². The number of hydrogen-bond acceptors (Lipinski definition) is 4. The maximum atomic E-state index is 4.57. The summed E-state index contributed by atoms with van der Waals surface area (Å²) in [5, 5.41) is 4.57. The van der Waals surface area contributed by atoms with Gasteiger partial charge in [0.05, 0.1) is 22.4 Å². The number of para-hydroxylation sites is 2. The van der Waals surface area contributed by atoms with Crippen molar-refractivity contribution < 1.29 is 0 Å². The molecule has 2 heterocycles. The summed E-state index contributed by atoms with van der Waals surface area (Å²) in [7, 11) is 0. The van der Waals surface area contributed by atoms with Gasteiger partial charge in [-0.1, -0.05) is 48.5 Å². The topological polar surface area (TPSA) is 66.0 Å². The zero-order valence-corrected chi connectivity index (χ0v) is 13.6. The standard InChI is InChI=1S/C20H17N5/c1-2-8-15(9-3-1)14-19(16-10-6-7-13-21-16)24-25-20-22-17-11-4-5-12-18(17)23-20/h1-13H,14H2,(H2,22,23,25). The van der Waals surface area contributed by atoms with Crippen LogP contribution in [-0.2, 0) is 6.42 Å². The summed E-state index contributed by atoms with van der Waals surface area (Å²) < 4.78 is 0. The van der Waals surface area contributed by atoms with E-state index in [4.69, 9.17) is 0 Å². The number of rotatable bonds is 5. The largest absolute Gasteiger partial charge is 0.323 e. The number of aromatic nitrogens is 3. The minimum atomic E-state index is 0.614. The molecule has 122 valence electrons. The molecule has 2 aromatic carbocycles. The van der Waals surface area contributed by atoms with Crippen molar-refractivity contribution in [2.24, 2.45) is 5.10 Å². The number of aromatic amines is 1. The molecular formula is C20H17N5. The number of fused-ring (bicyclic) bond motifs is 1. The molecule has 0 aliphatic heterocycles. The molecule has 0 amide bonds. The van der Waals surface area contributed by atoms with Crippen LogP contribution in [0.5, 0.6) is 0 Å². The highest BCUT2D eigenvalue weighted by Gasteiger charge is 2.07. The van der Waals surface area contributed by atoms with Crippen LogP contribution in [0.1, 0.15) is 11.3 Å². The molecule has 0 radical (unpaired) electrons. The number of H-pyrrole nitrogens is 1. The van der Waals surface area contributed by atoms with E-state index in [0.717, 1.165) is 22.4 Å². The van der Waals surface area contributed by atoms with Gasteiger partial charge in [-0.05, 0) is 29.8 Å². The van der Waals surface area contributed by atoms with E-state index in [-0.39, 0.29) is 0 Å². The van der Waals surface area contributed by atoms with Gasteiger partial charge in [-0.15, -0.1) is 0 Å². The van der Waals surface area contributed by atoms with Crippen LogP contribution in [0.15, 0.2) is 84.1 Å². The van der Waals surface area contributed by atoms with Gasteiger partial charge in [0.2, 0.25) is 5.95 Å². The first-order valence-electron chi connectivity index (χ1n) is 8.11. The fourth-order valence-corrected chi connectivity index (χ4v) is 2.64. The van der Waals surface area contributed by atoms with Gasteiger partial charge in [0, 0.05) is 12.6 Å². The monoisotopic (exact) mass is 327 g/mol. The highest BCUT2D eigenvalue weighted by atomic mass is 15.4. The van der Waals surface area contributed by atoms with Gasteiger partial charge < -0.3 is 4.98 Å². The van der Waals surface area contributed by atoms with E-state index in [0.29, 0.717) is 12.4 Å². The predicted molar refractivity (Wildman–Crippen MR) is 101 cm³/mol. The molecule has 5 nitrogen and oxygen atoms in total. The van der Waals surface area contributed by atoms with Crippen LogP contribution in [0.25, 0.3) is 11.0 Å². The first kappa shape index (κ1) is 15.1. The molecule has 2 N–H and O–H groups in total. The molecule has 0 aliphatic carbocycles. The third-order valence-corrected chi connectivity index (χ3v) is 3.86. The highest BCUT2D eigenvalue weighted by Crippen LogP contribution is 2.14. The second-order valence-corrected chi connectivity index (χ2v) is 5.65. The Morgan fingerprint density at radius 3 is 2.52 bits per heavy atom. The van der Waals surface area contributed by atoms with E-state index in [1.165, 1.54) is 5.56 Å². The molecule has 0 saturated heterocycles. The van der Waals surface area contributed by atoms with Crippen molar-refractivity contribution in [3.63, 3.8) is 0 Å². The van der Waals surface area contributed by atoms with Gasteiger partial charge in [-0.25, -0.2) is 10.4 Å². The lowest BCUT2D eigenvalue weighted by Gasteiger charge is -2.06. The maximum absolute atomic E-state index is 4.57. The van der Waals surface area contributed by atoms with Crippen molar-refractivity contribution in [3.05, 3.63) is 90.3 Å². The number of imidazole rings is 1. The van der Waals surface area contributed by atoms with Crippen LogP contribution in [0.2, 0.25) is 0 Å². The fourth-order valence-electron chi connectivity index (χ4n) is 2.64. The summed E-state index contributed by atoms with van der Waals surface area (Å²) in [5.41, 5.74) is 7.79. The summed E-state index contributed by atoms with van der Waals surface area (Å²) >= 11 is 0. The van der Waals surface area contributed by atoms with Crippen molar-refractivity contribution in [3.8, 4) is 0 Å². The molecule has 0 unspecified atom stereocenters. The molecule has 0 fully saturated rings. The van der Waals surface area contributed by atoms with E-state index in [1.54, 1.807) is 6.20 Å². The number of pyridine rings is 1. The molecule has 25 heavy (non-hydrogen) atoms. The molecule has 4 rings (SSSR count). The first-order valence-corrected chi connectivity index (χ1v) is 8.11. The molecule has 0 saturated carbocycles. The van der Waals surface area contributed by atoms with Gasteiger partial charge in [0.15, 0.2) is 0 Å². The predicted octanol–water partition coefficient (Wildman–Crippen LogP) is 4.02. The van der Waals surface area contributed by atoms with Gasteiger partial charge in [-0.3, -0.25) is 4.98 Å². The zero-order valence-electron chi connectivity index (χ0n) is 13.6. The van der Waals surface area contributed by atoms with Crippen molar-refractivity contribution in [2.45, 2.75) is 6.42 Å². The highest BCUT2D eigenvalue weighted by molar-refractivity contribution is 6.00. The molecule has 2 aromatic heterocycles. The average Bonchev–Trinajstić information content (AvgIpc) is 3.09. The number of nitrogens with zero attached hydrogens (tertiary/aromatic N) is 3. The summed E-state index contributed by atoms with van der Waals surface area (Å²) in [6.45, 7) is 0. The van der Waals surface area contributed by atoms with Crippen LogP contribution in [0.4, 0.5) is 5.95 Å². The van der Waals surface area contributed by atoms with Crippen molar-refractivity contribution in [1.29, 1.82) is 0 Å². The van der Waals surface area contributed by atoms with Crippen LogP contribution < -0.4 is 5.43 Å². The number of hydrogen-bond donors (Lipinski definition) is 2. The molecule has 0 bridgehead atoms. The second kappa shape index (κ2) is 6.97. The fraction of sp³-hybridized carbons (Fsp3) is 0.0500. The number of nitrogens with one attached hydrogen (secondary N) is 2. The minimum Gasteiger partial charge on any atom is -0.323 e. The van der Waals surface area contributed by atoms with E-state index < -0.39 is 0 Å². The van der Waals surface area contributed by atoms with E-state index >= 15 is 0 Å². The van der Waals surface area contributed by atoms with Crippen LogP contribution in [0, 0.1) is 0 Å². The summed E-state index contributed by atoms with van der Waals surface area (Å²) in [5.74, 6) is 0.614. The molecule has 0 spiro atoms. The molecular weight excluding hydrogens is 310 g/mol. The smallest absolute Gasteiger partial charge is 0.222 e. The molecule has 5 heteroatoms. The third-order valence-electron chi connectivity index (χ3n) is 3.86. The quantitative estimate of drug-likeness (QED) is 0.430. The van der Waals surface area contributed by atoms with Crippen molar-refractivity contribution in [1.82, 2.24) is 15.0 Å². The summed E-state index contributed by atoms with van der Waals surface area (Å²) in [6, 6.07) is 23.9. The molecule has 4 aromatic rings. The van der Waals surface area contributed by atoms with Crippen molar-refractivity contribution >= 4 is 22.7 Å². The van der Waals surface area contributed by atoms with Gasteiger partial charge >= 0.3 is 0 Å². The van der Waals surface area contributed by atoms with Crippen LogP contribution in [0.3, 0.4) is 0 Å². The first-order chi connectivity index (χ1) is 12.4. The Labute approximate surface area is 145 Å². The Kier molecular flexibility index (Phi) is 4.20. The Hall–Kier alpha value is -3.47. The second-order valence-electron chi connectivity index (χ2n) is 5.65. The Bertz CT molecular complexity index is 957. The number of hydrazone groups is 1. The maximum Gasteiger partial charge on any atom is 0.222 e. The molecule has 0 aliphatic rings. The Balaban J connectivity index is 1.63. The third kappa shape index (κ3) is 3.55. The molecule has 0 atom stereocenters. The van der Waals surface area contributed by atoms with Crippen LogP contribution >= 0.6 is 0 Å². The average molecular weight is 327 g/mol. The lowest BCUT2D eigenvalue weighted by molar-refractivity contribution is 1.16. The van der Waals surface area contributed by atoms with Crippen LogP contribution in [-0.4, -0.2) is 20.7 Å². The zero-order chi connectivity index (χ0) is 16.9. The van der Waals surface area contributed by atoms with E-state index in [1.807, 2.05) is 60.7 Å². The Morgan fingerprint density at radius 2 is 1.72 bits per heavy atom. The number of benzene rings is 2. The lowest BCUT2D eigenvalue weighted by atomic mass is 10.1. The normalized spacial score (nSPS) is 11.6. The number of anilines is 1.